The average molecular weight is 1510 g/mol. The Balaban J connectivity index is 0.693. The maximum absolute atomic E-state index is 14.6. The molecule has 1 aliphatic carbocycles. The Labute approximate surface area is 617 Å². The molecule has 3 saturated heterocycles. The molecule has 3 fully saturated rings. The number of aliphatic hydroxyl groups excluding tert-OH is 1. The molecule has 5 atom stereocenters. The summed E-state index contributed by atoms with van der Waals surface area (Å²) >= 11 is 9.21. The van der Waals surface area contributed by atoms with Crippen molar-refractivity contribution in [3.63, 3.8) is 0 Å². The minimum absolute atomic E-state index is 0.0279. The monoisotopic (exact) mass is 1510 g/mol. The van der Waals surface area contributed by atoms with Gasteiger partial charge in [0.25, 0.3) is 25.8 Å². The van der Waals surface area contributed by atoms with Crippen LogP contribution in [0.3, 0.4) is 0 Å². The van der Waals surface area contributed by atoms with Crippen molar-refractivity contribution in [2.45, 2.75) is 157 Å². The molecule has 0 saturated carbocycles. The molecule has 0 unspecified atom stereocenters. The molecule has 4 heterocycles. The van der Waals surface area contributed by atoms with Crippen LogP contribution in [0.1, 0.15) is 133 Å². The van der Waals surface area contributed by atoms with E-state index in [1.807, 2.05) is 106 Å². The number of nitrogens with one attached hydrogen (secondary N) is 4. The summed E-state index contributed by atoms with van der Waals surface area (Å²) in [4.78, 5) is 70.0. The zero-order valence-corrected chi connectivity index (χ0v) is 63.6. The molecule has 10 rings (SSSR count). The van der Waals surface area contributed by atoms with Crippen molar-refractivity contribution < 1.29 is 54.3 Å². The number of halogens is 4. The number of piperazine rings is 2. The number of anilines is 2. The standard InChI is InChI=1S/C76H96ClF3N10O9S4/c1-51(53-17-19-55(20-18-53)69-52(2)81-50-101-69)82-72(94)66-44-61(91)48-90(66)73(95)70(74(3,4)5)84-68(92)16-12-9-13-34-86-36-38-87(39-37-86)35-32-59(49-100-62-14-10-8-11-15-62)83-65-30-29-63(45-67(65)102(96,97)76(78,79)80)103(98,99)85-71(93)56-23-27-60(28-24-56)89-42-40-88(41-43-89)47-57-46-75(6,7)33-31-64(57)54-21-25-58(77)26-22-54/h8,10-11,14-15,17-30,45,50-51,59,61,66,70,83,91H,9,12-13,16,31-44,46-49H2,1-7H3,(H,82,94)(H,84,92)(H,85,93)/t51-,59+,61+,66-,70+/m0/s1. The van der Waals surface area contributed by atoms with E-state index in [0.29, 0.717) is 62.4 Å². The third kappa shape index (κ3) is 20.8. The number of allylic oxidation sites excluding steroid dienone is 1. The number of rotatable bonds is 28. The normalized spacial score (nSPS) is 19.0. The molecule has 3 aliphatic heterocycles. The van der Waals surface area contributed by atoms with Crippen LogP contribution >= 0.6 is 34.7 Å². The first-order valence-corrected chi connectivity index (χ1v) is 40.6. The highest BCUT2D eigenvalue weighted by molar-refractivity contribution is 7.99. The lowest BCUT2D eigenvalue weighted by Crippen LogP contribution is -2.57. The van der Waals surface area contributed by atoms with Gasteiger partial charge >= 0.3 is 5.51 Å². The quantitative estimate of drug-likeness (QED) is 0.0227. The summed E-state index contributed by atoms with van der Waals surface area (Å²) in [6.45, 7) is 21.9. The lowest BCUT2D eigenvalue weighted by atomic mass is 9.73. The summed E-state index contributed by atoms with van der Waals surface area (Å²) < 4.78 is 100. The number of aromatic nitrogens is 1. The van der Waals surface area contributed by atoms with Gasteiger partial charge < -0.3 is 40.7 Å². The van der Waals surface area contributed by atoms with E-state index in [-0.39, 0.29) is 48.2 Å². The molecule has 556 valence electrons. The van der Waals surface area contributed by atoms with Crippen molar-refractivity contribution >= 4 is 95.1 Å². The zero-order chi connectivity index (χ0) is 74.0. The van der Waals surface area contributed by atoms with Crippen LogP contribution in [0.25, 0.3) is 16.0 Å². The first kappa shape index (κ1) is 78.7. The van der Waals surface area contributed by atoms with Gasteiger partial charge in [0.1, 0.15) is 17.0 Å². The lowest BCUT2D eigenvalue weighted by Gasteiger charge is -2.39. The molecule has 5 aromatic carbocycles. The van der Waals surface area contributed by atoms with Gasteiger partial charge in [-0.1, -0.05) is 113 Å². The van der Waals surface area contributed by atoms with Gasteiger partial charge in [-0.25, -0.2) is 26.5 Å². The zero-order valence-electron chi connectivity index (χ0n) is 59.6. The molecule has 4 amide bonds. The van der Waals surface area contributed by atoms with Gasteiger partial charge in [-0.05, 0) is 159 Å². The number of nitrogens with zero attached hydrogens (tertiary/aromatic N) is 6. The largest absolute Gasteiger partial charge is 0.501 e. The molecule has 0 bridgehead atoms. The first-order chi connectivity index (χ1) is 48.8. The van der Waals surface area contributed by atoms with Gasteiger partial charge in [-0.15, -0.1) is 23.1 Å². The summed E-state index contributed by atoms with van der Waals surface area (Å²) in [5.74, 6) is -1.85. The molecule has 0 radical (unpaired) electrons. The third-order valence-electron chi connectivity index (χ3n) is 20.0. The molecule has 19 nitrogen and oxygen atoms in total. The van der Waals surface area contributed by atoms with Gasteiger partial charge in [0.15, 0.2) is 0 Å². The number of β-amino-alcohol motifs (C(OH)–C–C–N with tert-alkyl or cyclic N) is 1. The van der Waals surface area contributed by atoms with E-state index in [0.717, 1.165) is 116 Å². The molecule has 6 aromatic rings. The van der Waals surface area contributed by atoms with Gasteiger partial charge in [0, 0.05) is 118 Å². The molecule has 0 spiro atoms. The smallest absolute Gasteiger partial charge is 0.391 e. The maximum atomic E-state index is 14.6. The fourth-order valence-corrected chi connectivity index (χ4v) is 17.9. The molecule has 1 aromatic heterocycles. The second kappa shape index (κ2) is 34.1. The molecule has 4 aliphatic rings. The van der Waals surface area contributed by atoms with E-state index in [1.54, 1.807) is 29.0 Å². The number of carbonyl (C=O) groups is 4. The summed E-state index contributed by atoms with van der Waals surface area (Å²) in [7, 11) is -11.1. The predicted octanol–water partition coefficient (Wildman–Crippen LogP) is 12.5. The summed E-state index contributed by atoms with van der Waals surface area (Å²) in [6, 6.07) is 31.2. The number of benzene rings is 5. The number of hydrogen-bond acceptors (Lipinski definition) is 17. The van der Waals surface area contributed by atoms with E-state index in [9.17, 15) is 54.3 Å². The summed E-state index contributed by atoms with van der Waals surface area (Å²) in [5, 5.41) is 20.5. The minimum Gasteiger partial charge on any atom is -0.391 e. The number of aliphatic hydroxyl groups is 1. The van der Waals surface area contributed by atoms with E-state index < -0.39 is 82.3 Å². The average Bonchev–Trinajstić information content (AvgIpc) is 1.23. The van der Waals surface area contributed by atoms with Crippen LogP contribution in [0.15, 0.2) is 147 Å². The summed E-state index contributed by atoms with van der Waals surface area (Å²) in [5.41, 5.74) is 2.70. The van der Waals surface area contributed by atoms with Crippen molar-refractivity contribution in [3.8, 4) is 10.4 Å². The Morgan fingerprint density at radius 3 is 2.08 bits per heavy atom. The predicted molar refractivity (Wildman–Crippen MR) is 402 cm³/mol. The van der Waals surface area contributed by atoms with Crippen molar-refractivity contribution in [3.05, 3.63) is 160 Å². The molecule has 27 heteroatoms. The fraction of sp³-hybridized carbons (Fsp3) is 0.487. The molecular weight excluding hydrogens is 1420 g/mol. The van der Waals surface area contributed by atoms with E-state index in [1.165, 1.54) is 45.5 Å². The van der Waals surface area contributed by atoms with Crippen LogP contribution in [0.2, 0.25) is 5.02 Å². The van der Waals surface area contributed by atoms with Gasteiger partial charge in [0.2, 0.25) is 17.7 Å². The topological polar surface area (TPSA) is 234 Å². The van der Waals surface area contributed by atoms with Crippen LogP contribution in [0.4, 0.5) is 24.5 Å². The SMILES string of the molecule is Cc1ncsc1-c1ccc([C@H](C)NC(=O)[C@@H]2C[C@@H](O)CN2C(=O)[C@@H](NC(=O)CCCCCN2CCN(CC[C@H](CSc3ccccc3)Nc3ccc(S(=O)(=O)NC(=O)c4ccc(N5CCN(CC6=C(c7ccc(Cl)cc7)CCC(C)(C)C6)CC5)cc4)cc3S(=O)(=O)C(F)(F)F)CC2)C(C)(C)C)cc1. The highest BCUT2D eigenvalue weighted by Crippen LogP contribution is 2.44. The molecule has 5 N–H and O–H groups in total. The maximum Gasteiger partial charge on any atom is 0.501 e. The van der Waals surface area contributed by atoms with Gasteiger partial charge in [-0.2, -0.15) is 13.2 Å². The number of alkyl halides is 3. The number of amides is 4. The number of unbranched alkanes of at least 4 members (excludes halogenated alkanes) is 2. The Hall–Kier alpha value is -6.88. The number of sulfonamides is 1. The number of sulfone groups is 1. The Kier molecular flexibility index (Phi) is 26.1. The first-order valence-electron chi connectivity index (χ1n) is 35.4. The number of carbonyl (C=O) groups excluding carboxylic acids is 4. The second-order valence-corrected chi connectivity index (χ2v) is 35.4. The number of thiazole rings is 1. The van der Waals surface area contributed by atoms with Crippen molar-refractivity contribution in [1.29, 1.82) is 0 Å². The van der Waals surface area contributed by atoms with Crippen LogP contribution in [-0.2, 0) is 34.2 Å². The van der Waals surface area contributed by atoms with E-state index in [4.69, 9.17) is 11.6 Å². The van der Waals surface area contributed by atoms with Crippen LogP contribution in [0, 0.1) is 17.8 Å². The number of aryl methyl sites for hydroxylation is 1. The fourth-order valence-electron chi connectivity index (χ4n) is 13.9. The lowest BCUT2D eigenvalue weighted by molar-refractivity contribution is -0.144. The van der Waals surface area contributed by atoms with E-state index >= 15 is 0 Å². The third-order valence-corrected chi connectivity index (χ3v) is 25.2. The Bertz CT molecular complexity index is 4180. The molecular formula is C76H96ClF3N10O9S4. The minimum atomic E-state index is -6.15. The molecule has 103 heavy (non-hydrogen) atoms. The Morgan fingerprint density at radius 2 is 1.44 bits per heavy atom. The highest BCUT2D eigenvalue weighted by atomic mass is 35.5. The number of hydrogen-bond donors (Lipinski definition) is 5. The second-order valence-electron chi connectivity index (χ2n) is 29.4. The van der Waals surface area contributed by atoms with Crippen molar-refractivity contribution in [2.24, 2.45) is 10.8 Å². The van der Waals surface area contributed by atoms with E-state index in [2.05, 4.69) is 66.5 Å². The van der Waals surface area contributed by atoms with Crippen LogP contribution in [0.5, 0.6) is 0 Å². The summed E-state index contributed by atoms with van der Waals surface area (Å²) in [6.07, 6.45) is 4.95. The number of likely N-dealkylation sites (tertiary alicyclic amines) is 1. The van der Waals surface area contributed by atoms with Crippen LogP contribution < -0.4 is 25.6 Å². The van der Waals surface area contributed by atoms with Gasteiger partial charge in [0.05, 0.1) is 38.8 Å². The number of thioether (sulfide) groups is 1. The Morgan fingerprint density at radius 1 is 0.786 bits per heavy atom. The van der Waals surface area contributed by atoms with Crippen LogP contribution in [-0.4, -0.2) is 184 Å². The highest BCUT2D eigenvalue weighted by Gasteiger charge is 2.49. The van der Waals surface area contributed by atoms with Gasteiger partial charge in [-0.3, -0.25) is 24.1 Å². The van der Waals surface area contributed by atoms with Crippen molar-refractivity contribution in [1.82, 2.24) is 39.9 Å². The van der Waals surface area contributed by atoms with Crippen molar-refractivity contribution in [2.75, 3.05) is 94.5 Å².